The highest BCUT2D eigenvalue weighted by molar-refractivity contribution is 7.99. The minimum atomic E-state index is -0.182. The van der Waals surface area contributed by atoms with Crippen molar-refractivity contribution in [1.29, 1.82) is 0 Å². The summed E-state index contributed by atoms with van der Waals surface area (Å²) in [6.45, 7) is 4.84. The van der Waals surface area contributed by atoms with E-state index in [0.717, 1.165) is 11.4 Å². The van der Waals surface area contributed by atoms with E-state index >= 15 is 0 Å². The maximum Gasteiger partial charge on any atom is 0.234 e. The van der Waals surface area contributed by atoms with Crippen LogP contribution in [0.4, 0.5) is 5.69 Å². The number of anilines is 1. The number of aromatic nitrogens is 3. The van der Waals surface area contributed by atoms with Crippen LogP contribution in [0.25, 0.3) is 5.69 Å². The van der Waals surface area contributed by atoms with Crippen molar-refractivity contribution in [2.75, 3.05) is 31.4 Å². The van der Waals surface area contributed by atoms with Gasteiger partial charge in [-0.15, -0.1) is 10.2 Å². The molecular weight excluding hydrogens is 404 g/mol. The van der Waals surface area contributed by atoms with Crippen LogP contribution in [0.1, 0.15) is 13.8 Å². The van der Waals surface area contributed by atoms with Crippen molar-refractivity contribution in [3.63, 3.8) is 0 Å². The number of hydrogen-bond donors (Lipinski definition) is 1. The van der Waals surface area contributed by atoms with E-state index in [0.29, 0.717) is 35.6 Å². The van der Waals surface area contributed by atoms with E-state index in [2.05, 4.69) is 15.5 Å². The summed E-state index contributed by atoms with van der Waals surface area (Å²) in [5.74, 6) is 2.02. The van der Waals surface area contributed by atoms with Crippen LogP contribution in [0.15, 0.2) is 53.9 Å². The zero-order valence-corrected chi connectivity index (χ0v) is 17.9. The molecule has 0 spiro atoms. The molecule has 0 aliphatic carbocycles. The molecular formula is C21H24N4O4S. The molecule has 1 heterocycles. The van der Waals surface area contributed by atoms with Gasteiger partial charge in [-0.3, -0.25) is 9.36 Å². The highest BCUT2D eigenvalue weighted by Gasteiger charge is 2.13. The second-order valence-electron chi connectivity index (χ2n) is 6.04. The Balaban J connectivity index is 1.67. The molecule has 8 nitrogen and oxygen atoms in total. The summed E-state index contributed by atoms with van der Waals surface area (Å²) in [7, 11) is 1.62. The predicted octanol–water partition coefficient (Wildman–Crippen LogP) is 3.80. The number of ether oxygens (including phenoxy) is 3. The van der Waals surface area contributed by atoms with Crippen LogP contribution in [-0.4, -0.2) is 46.7 Å². The summed E-state index contributed by atoms with van der Waals surface area (Å²) in [4.78, 5) is 12.6. The first-order valence-corrected chi connectivity index (χ1v) is 10.5. The Morgan fingerprint density at radius 1 is 1.07 bits per heavy atom. The summed E-state index contributed by atoms with van der Waals surface area (Å²) in [5.41, 5.74) is 1.46. The van der Waals surface area contributed by atoms with Gasteiger partial charge in [-0.05, 0) is 50.2 Å². The van der Waals surface area contributed by atoms with Gasteiger partial charge < -0.3 is 19.5 Å². The van der Waals surface area contributed by atoms with Crippen LogP contribution in [0.5, 0.6) is 17.2 Å². The van der Waals surface area contributed by atoms with Gasteiger partial charge in [0.1, 0.15) is 23.6 Å². The standard InChI is InChI=1S/C21H24N4O4S/c1-4-28-17-10-11-19(29-5-2)18(12-17)23-20(26)13-30-21-24-22-14-25(21)15-6-8-16(27-3)9-7-15/h6-12,14H,4-5,13H2,1-3H3,(H,23,26). The molecule has 30 heavy (non-hydrogen) atoms. The van der Waals surface area contributed by atoms with Crippen molar-refractivity contribution in [3.05, 3.63) is 48.8 Å². The van der Waals surface area contributed by atoms with Crippen molar-refractivity contribution < 1.29 is 19.0 Å². The lowest BCUT2D eigenvalue weighted by atomic mass is 10.2. The van der Waals surface area contributed by atoms with Crippen LogP contribution in [-0.2, 0) is 4.79 Å². The fourth-order valence-corrected chi connectivity index (χ4v) is 3.43. The molecule has 1 N–H and O–H groups in total. The van der Waals surface area contributed by atoms with Gasteiger partial charge in [0.2, 0.25) is 5.91 Å². The summed E-state index contributed by atoms with van der Waals surface area (Å²) < 4.78 is 18.1. The number of hydrogen-bond acceptors (Lipinski definition) is 7. The molecule has 0 bridgehead atoms. The summed E-state index contributed by atoms with van der Waals surface area (Å²) in [6, 6.07) is 12.9. The van der Waals surface area contributed by atoms with Gasteiger partial charge in [0.25, 0.3) is 0 Å². The smallest absolute Gasteiger partial charge is 0.234 e. The molecule has 0 unspecified atom stereocenters. The van der Waals surface area contributed by atoms with E-state index in [9.17, 15) is 4.79 Å². The predicted molar refractivity (Wildman–Crippen MR) is 116 cm³/mol. The van der Waals surface area contributed by atoms with Gasteiger partial charge >= 0.3 is 0 Å². The highest BCUT2D eigenvalue weighted by atomic mass is 32.2. The number of thioether (sulfide) groups is 1. The highest BCUT2D eigenvalue weighted by Crippen LogP contribution is 2.30. The van der Waals surface area contributed by atoms with E-state index < -0.39 is 0 Å². The Hall–Kier alpha value is -3.20. The van der Waals surface area contributed by atoms with E-state index in [1.165, 1.54) is 11.8 Å². The van der Waals surface area contributed by atoms with E-state index in [-0.39, 0.29) is 11.7 Å². The van der Waals surface area contributed by atoms with Gasteiger partial charge in [-0.2, -0.15) is 0 Å². The maximum absolute atomic E-state index is 12.6. The summed E-state index contributed by atoms with van der Waals surface area (Å²) in [6.07, 6.45) is 1.61. The Kier molecular flexibility index (Phi) is 7.56. The van der Waals surface area contributed by atoms with Gasteiger partial charge in [0, 0.05) is 11.8 Å². The van der Waals surface area contributed by atoms with Crippen molar-refractivity contribution in [2.24, 2.45) is 0 Å². The molecule has 0 fully saturated rings. The molecule has 3 rings (SSSR count). The van der Waals surface area contributed by atoms with E-state index in [1.807, 2.05) is 48.7 Å². The fourth-order valence-electron chi connectivity index (χ4n) is 2.70. The molecule has 9 heteroatoms. The lowest BCUT2D eigenvalue weighted by molar-refractivity contribution is -0.113. The van der Waals surface area contributed by atoms with E-state index in [1.54, 1.807) is 25.6 Å². The molecule has 0 atom stereocenters. The van der Waals surface area contributed by atoms with Gasteiger partial charge in [-0.25, -0.2) is 0 Å². The molecule has 0 aliphatic rings. The lowest BCUT2D eigenvalue weighted by Gasteiger charge is -2.13. The summed E-state index contributed by atoms with van der Waals surface area (Å²) >= 11 is 1.29. The fraction of sp³-hybridized carbons (Fsp3) is 0.286. The number of carbonyl (C=O) groups is 1. The zero-order valence-electron chi connectivity index (χ0n) is 17.1. The first kappa shape index (κ1) is 21.5. The first-order chi connectivity index (χ1) is 14.6. The Morgan fingerprint density at radius 3 is 2.50 bits per heavy atom. The number of rotatable bonds is 10. The number of nitrogens with zero attached hydrogens (tertiary/aromatic N) is 3. The third-order valence-corrected chi connectivity index (χ3v) is 4.98. The lowest BCUT2D eigenvalue weighted by Crippen LogP contribution is -2.15. The molecule has 0 saturated carbocycles. The SMILES string of the molecule is CCOc1ccc(OCC)c(NC(=O)CSc2nncn2-c2ccc(OC)cc2)c1. The monoisotopic (exact) mass is 428 g/mol. The minimum absolute atomic E-state index is 0.166. The molecule has 0 radical (unpaired) electrons. The average Bonchev–Trinajstić information content (AvgIpc) is 3.23. The maximum atomic E-state index is 12.6. The third kappa shape index (κ3) is 5.44. The average molecular weight is 429 g/mol. The molecule has 2 aromatic carbocycles. The van der Waals surface area contributed by atoms with Crippen LogP contribution in [0, 0.1) is 0 Å². The van der Waals surface area contributed by atoms with Crippen molar-refractivity contribution in [1.82, 2.24) is 14.8 Å². The second kappa shape index (κ2) is 10.5. The molecule has 0 aliphatic heterocycles. The Morgan fingerprint density at radius 2 is 1.80 bits per heavy atom. The molecule has 158 valence electrons. The van der Waals surface area contributed by atoms with E-state index in [4.69, 9.17) is 14.2 Å². The number of carbonyl (C=O) groups excluding carboxylic acids is 1. The van der Waals surface area contributed by atoms with Gasteiger partial charge in [0.05, 0.1) is 31.8 Å². The third-order valence-electron chi connectivity index (χ3n) is 4.04. The first-order valence-electron chi connectivity index (χ1n) is 9.51. The van der Waals surface area contributed by atoms with Gasteiger partial charge in [0.15, 0.2) is 5.16 Å². The van der Waals surface area contributed by atoms with Crippen LogP contribution >= 0.6 is 11.8 Å². The van der Waals surface area contributed by atoms with Crippen LogP contribution < -0.4 is 19.5 Å². The normalized spacial score (nSPS) is 10.5. The quantitative estimate of drug-likeness (QED) is 0.491. The van der Waals surface area contributed by atoms with Gasteiger partial charge in [-0.1, -0.05) is 11.8 Å². The van der Waals surface area contributed by atoms with Crippen molar-refractivity contribution >= 4 is 23.4 Å². The summed E-state index contributed by atoms with van der Waals surface area (Å²) in [5, 5.41) is 11.6. The topological polar surface area (TPSA) is 87.5 Å². The largest absolute Gasteiger partial charge is 0.497 e. The number of amides is 1. The zero-order chi connectivity index (χ0) is 21.3. The minimum Gasteiger partial charge on any atom is -0.497 e. The molecule has 1 amide bonds. The Labute approximate surface area is 179 Å². The van der Waals surface area contributed by atoms with Crippen LogP contribution in [0.3, 0.4) is 0 Å². The molecule has 3 aromatic rings. The van der Waals surface area contributed by atoms with Crippen molar-refractivity contribution in [3.8, 4) is 22.9 Å². The molecule has 1 aromatic heterocycles. The second-order valence-corrected chi connectivity index (χ2v) is 6.98. The van der Waals surface area contributed by atoms with Crippen LogP contribution in [0.2, 0.25) is 0 Å². The number of benzene rings is 2. The number of methoxy groups -OCH3 is 1. The van der Waals surface area contributed by atoms with Crippen molar-refractivity contribution in [2.45, 2.75) is 19.0 Å². The molecule has 0 saturated heterocycles. The Bertz CT molecular complexity index is 975. The number of nitrogens with one attached hydrogen (secondary N) is 1.